The molecule has 3 nitrogen and oxygen atoms in total. The molecule has 100 valence electrons. The van der Waals surface area contributed by atoms with Crippen LogP contribution >= 0.6 is 11.6 Å². The van der Waals surface area contributed by atoms with Crippen LogP contribution in [-0.2, 0) is 16.4 Å². The van der Waals surface area contributed by atoms with Crippen LogP contribution in [0, 0.1) is 5.41 Å². The zero-order valence-corrected chi connectivity index (χ0v) is 12.2. The number of sulfone groups is 1. The Morgan fingerprint density at radius 1 is 1.39 bits per heavy atom. The number of rotatable bonds is 5. The Labute approximate surface area is 113 Å². The Bertz CT molecular complexity index is 550. The highest BCUT2D eigenvalue weighted by Crippen LogP contribution is 2.44. The molecule has 1 fully saturated rings. The van der Waals surface area contributed by atoms with Crippen LogP contribution < -0.4 is 5.32 Å². The van der Waals surface area contributed by atoms with Gasteiger partial charge in [0.25, 0.3) is 0 Å². The quantitative estimate of drug-likeness (QED) is 0.905. The van der Waals surface area contributed by atoms with E-state index >= 15 is 0 Å². The first-order valence-electron chi connectivity index (χ1n) is 6.00. The molecule has 0 radical (unpaired) electrons. The number of nitrogens with one attached hydrogen (secondary N) is 1. The van der Waals surface area contributed by atoms with Crippen molar-refractivity contribution < 1.29 is 8.42 Å². The summed E-state index contributed by atoms with van der Waals surface area (Å²) in [5, 5.41) is 3.81. The van der Waals surface area contributed by atoms with Gasteiger partial charge >= 0.3 is 0 Å². The predicted molar refractivity (Wildman–Crippen MR) is 73.6 cm³/mol. The fourth-order valence-corrected chi connectivity index (χ4v) is 3.19. The van der Waals surface area contributed by atoms with Crippen LogP contribution in [0.25, 0.3) is 0 Å². The van der Waals surface area contributed by atoms with E-state index in [1.54, 1.807) is 18.2 Å². The third-order valence-electron chi connectivity index (χ3n) is 3.43. The number of benzene rings is 1. The molecule has 1 aromatic carbocycles. The van der Waals surface area contributed by atoms with E-state index in [-0.39, 0.29) is 0 Å². The van der Waals surface area contributed by atoms with Gasteiger partial charge in [-0.2, -0.15) is 0 Å². The average Bonchev–Trinajstić information content (AvgIpc) is 2.97. The van der Waals surface area contributed by atoms with Crippen LogP contribution in [0.15, 0.2) is 23.1 Å². The summed E-state index contributed by atoms with van der Waals surface area (Å²) in [7, 11) is -3.23. The van der Waals surface area contributed by atoms with Crippen molar-refractivity contribution in [2.24, 2.45) is 5.41 Å². The van der Waals surface area contributed by atoms with Crippen molar-refractivity contribution in [3.05, 3.63) is 28.8 Å². The minimum Gasteiger partial charge on any atom is -0.312 e. The van der Waals surface area contributed by atoms with Gasteiger partial charge in [0.15, 0.2) is 9.84 Å². The van der Waals surface area contributed by atoms with E-state index in [1.807, 2.05) is 0 Å². The zero-order chi connectivity index (χ0) is 13.4. The van der Waals surface area contributed by atoms with Crippen molar-refractivity contribution in [1.82, 2.24) is 5.32 Å². The predicted octanol–water partition coefficient (Wildman–Crippen LogP) is 2.63. The largest absolute Gasteiger partial charge is 0.312 e. The molecule has 1 aliphatic rings. The molecule has 0 atom stereocenters. The summed E-state index contributed by atoms with van der Waals surface area (Å²) < 4.78 is 23.4. The Hall–Kier alpha value is -0.580. The summed E-state index contributed by atoms with van der Waals surface area (Å²) in [5.74, 6) is 0. The summed E-state index contributed by atoms with van der Waals surface area (Å²) >= 11 is 6.10. The van der Waals surface area contributed by atoms with Gasteiger partial charge in [-0.15, -0.1) is 0 Å². The molecule has 0 aromatic heterocycles. The normalized spacial score (nSPS) is 17.7. The summed E-state index contributed by atoms with van der Waals surface area (Å²) in [6.07, 6.45) is 3.69. The molecule has 1 saturated carbocycles. The van der Waals surface area contributed by atoms with E-state index in [1.165, 1.54) is 19.1 Å². The lowest BCUT2D eigenvalue weighted by Gasteiger charge is -2.13. The van der Waals surface area contributed by atoms with Gasteiger partial charge in [0, 0.05) is 29.9 Å². The standard InChI is InChI=1S/C13H18ClNO2S/c1-13(6-7-13)9-15-8-10-11(14)4-3-5-12(10)18(2,16)17/h3-5,15H,6-9H2,1-2H3. The van der Waals surface area contributed by atoms with E-state index < -0.39 is 9.84 Å². The highest BCUT2D eigenvalue weighted by atomic mass is 35.5. The van der Waals surface area contributed by atoms with Crippen molar-refractivity contribution in [1.29, 1.82) is 0 Å². The van der Waals surface area contributed by atoms with Crippen LogP contribution in [0.3, 0.4) is 0 Å². The minimum atomic E-state index is -3.23. The number of hydrogen-bond acceptors (Lipinski definition) is 3. The molecule has 2 rings (SSSR count). The second kappa shape index (κ2) is 4.83. The number of hydrogen-bond donors (Lipinski definition) is 1. The third kappa shape index (κ3) is 3.25. The second-order valence-electron chi connectivity index (χ2n) is 5.40. The summed E-state index contributed by atoms with van der Waals surface area (Å²) in [6, 6.07) is 5.01. The first-order valence-corrected chi connectivity index (χ1v) is 8.27. The molecule has 0 amide bonds. The van der Waals surface area contributed by atoms with Gasteiger partial charge in [-0.3, -0.25) is 0 Å². The van der Waals surface area contributed by atoms with Crippen molar-refractivity contribution in [3.8, 4) is 0 Å². The first kappa shape index (κ1) is 13.8. The van der Waals surface area contributed by atoms with E-state index in [9.17, 15) is 8.42 Å². The lowest BCUT2D eigenvalue weighted by atomic mass is 10.1. The second-order valence-corrected chi connectivity index (χ2v) is 7.79. The van der Waals surface area contributed by atoms with Crippen LogP contribution in [-0.4, -0.2) is 21.2 Å². The van der Waals surface area contributed by atoms with Crippen molar-refractivity contribution in [2.75, 3.05) is 12.8 Å². The molecule has 0 heterocycles. The monoisotopic (exact) mass is 287 g/mol. The van der Waals surface area contributed by atoms with Gasteiger partial charge in [-0.1, -0.05) is 24.6 Å². The van der Waals surface area contributed by atoms with E-state index in [2.05, 4.69) is 12.2 Å². The molecule has 0 spiro atoms. The molecular weight excluding hydrogens is 270 g/mol. The Morgan fingerprint density at radius 3 is 2.61 bits per heavy atom. The summed E-state index contributed by atoms with van der Waals surface area (Å²) in [6.45, 7) is 3.63. The van der Waals surface area contributed by atoms with E-state index in [0.29, 0.717) is 27.4 Å². The lowest BCUT2D eigenvalue weighted by Crippen LogP contribution is -2.22. The van der Waals surface area contributed by atoms with Crippen LogP contribution in [0.2, 0.25) is 5.02 Å². The Balaban J connectivity index is 2.15. The maximum Gasteiger partial charge on any atom is 0.175 e. The van der Waals surface area contributed by atoms with Gasteiger partial charge < -0.3 is 5.32 Å². The summed E-state index contributed by atoms with van der Waals surface area (Å²) in [5.41, 5.74) is 1.07. The van der Waals surface area contributed by atoms with E-state index in [0.717, 1.165) is 6.54 Å². The van der Waals surface area contributed by atoms with Gasteiger partial charge in [0.2, 0.25) is 0 Å². The summed E-state index contributed by atoms with van der Waals surface area (Å²) in [4.78, 5) is 0.323. The molecule has 0 unspecified atom stereocenters. The molecule has 1 N–H and O–H groups in total. The Morgan fingerprint density at radius 2 is 2.06 bits per heavy atom. The number of halogens is 1. The van der Waals surface area contributed by atoms with Crippen LogP contribution in [0.5, 0.6) is 0 Å². The fraction of sp³-hybridized carbons (Fsp3) is 0.538. The average molecular weight is 288 g/mol. The Kier molecular flexibility index (Phi) is 3.72. The minimum absolute atomic E-state index is 0.323. The fourth-order valence-electron chi connectivity index (χ4n) is 1.94. The maximum atomic E-state index is 11.7. The highest BCUT2D eigenvalue weighted by Gasteiger charge is 2.36. The van der Waals surface area contributed by atoms with Crippen molar-refractivity contribution in [2.45, 2.75) is 31.2 Å². The highest BCUT2D eigenvalue weighted by molar-refractivity contribution is 7.90. The van der Waals surface area contributed by atoms with Gasteiger partial charge in [0.1, 0.15) is 0 Å². The zero-order valence-electron chi connectivity index (χ0n) is 10.7. The van der Waals surface area contributed by atoms with Gasteiger partial charge in [-0.25, -0.2) is 8.42 Å². The lowest BCUT2D eigenvalue weighted by molar-refractivity contribution is 0.497. The molecule has 18 heavy (non-hydrogen) atoms. The third-order valence-corrected chi connectivity index (χ3v) is 4.97. The molecule has 0 saturated heterocycles. The smallest absolute Gasteiger partial charge is 0.175 e. The van der Waals surface area contributed by atoms with Crippen molar-refractivity contribution in [3.63, 3.8) is 0 Å². The molecule has 1 aromatic rings. The SMILES string of the molecule is CC1(CNCc2c(Cl)cccc2S(C)(=O)=O)CC1. The van der Waals surface area contributed by atoms with Gasteiger partial charge in [-0.05, 0) is 30.4 Å². The molecule has 5 heteroatoms. The topological polar surface area (TPSA) is 46.2 Å². The van der Waals surface area contributed by atoms with Crippen LogP contribution in [0.4, 0.5) is 0 Å². The molecular formula is C13H18ClNO2S. The first-order chi connectivity index (χ1) is 8.32. The van der Waals surface area contributed by atoms with Crippen LogP contribution in [0.1, 0.15) is 25.3 Å². The molecule has 0 bridgehead atoms. The maximum absolute atomic E-state index is 11.7. The van der Waals surface area contributed by atoms with Gasteiger partial charge in [0.05, 0.1) is 4.90 Å². The van der Waals surface area contributed by atoms with E-state index in [4.69, 9.17) is 11.6 Å². The molecule has 0 aliphatic heterocycles. The van der Waals surface area contributed by atoms with Crippen molar-refractivity contribution >= 4 is 21.4 Å². The molecule has 1 aliphatic carbocycles.